The molecular formula is C15H27N3O2. The van der Waals surface area contributed by atoms with Crippen molar-refractivity contribution in [2.45, 2.75) is 53.6 Å². The lowest BCUT2D eigenvalue weighted by Gasteiger charge is -2.43. The Morgan fingerprint density at radius 3 is 2.25 bits per heavy atom. The summed E-state index contributed by atoms with van der Waals surface area (Å²) in [5, 5.41) is 13.6. The van der Waals surface area contributed by atoms with Gasteiger partial charge in [0.2, 0.25) is 0 Å². The van der Waals surface area contributed by atoms with Crippen molar-refractivity contribution in [2.75, 3.05) is 0 Å². The first-order valence-electron chi connectivity index (χ1n) is 6.83. The highest BCUT2D eigenvalue weighted by Gasteiger charge is 2.42. The van der Waals surface area contributed by atoms with Crippen molar-refractivity contribution < 1.29 is 9.90 Å². The Kier molecular flexibility index (Phi) is 4.36. The molecule has 0 bridgehead atoms. The first kappa shape index (κ1) is 16.7. The number of amides is 2. The first-order chi connectivity index (χ1) is 8.89. The van der Waals surface area contributed by atoms with E-state index < -0.39 is 11.6 Å². The molecule has 2 amide bonds. The molecule has 0 aromatic heterocycles. The standard InChI is InChI=1S/C15H27N3O2/c1-13(2,3)10-7-11(17-12(19)18-16)9-15(20,8-10)14(4,5)6/h7,9,20H,8,16H2,1-6H3,(H2,17,18,19). The summed E-state index contributed by atoms with van der Waals surface area (Å²) in [6.07, 6.45) is 4.17. The van der Waals surface area contributed by atoms with E-state index >= 15 is 0 Å². The third-order valence-electron chi connectivity index (χ3n) is 3.84. The van der Waals surface area contributed by atoms with E-state index in [4.69, 9.17) is 5.84 Å². The minimum absolute atomic E-state index is 0.0837. The molecule has 20 heavy (non-hydrogen) atoms. The quantitative estimate of drug-likeness (QED) is 0.337. The zero-order chi connectivity index (χ0) is 15.8. The molecule has 0 aromatic carbocycles. The summed E-state index contributed by atoms with van der Waals surface area (Å²) in [4.78, 5) is 11.4. The van der Waals surface area contributed by atoms with Crippen LogP contribution >= 0.6 is 0 Å². The number of nitrogens with one attached hydrogen (secondary N) is 2. The van der Waals surface area contributed by atoms with Crippen LogP contribution in [0, 0.1) is 10.8 Å². The molecule has 0 radical (unpaired) electrons. The molecule has 1 unspecified atom stereocenters. The van der Waals surface area contributed by atoms with Crippen LogP contribution in [0.25, 0.3) is 0 Å². The highest BCUT2D eigenvalue weighted by atomic mass is 16.3. The Morgan fingerprint density at radius 1 is 1.30 bits per heavy atom. The zero-order valence-electron chi connectivity index (χ0n) is 13.3. The summed E-state index contributed by atoms with van der Waals surface area (Å²) in [7, 11) is 0. The molecule has 1 atom stereocenters. The normalized spacial score (nSPS) is 23.8. The maximum Gasteiger partial charge on any atom is 0.333 e. The average Bonchev–Trinajstić information content (AvgIpc) is 2.25. The molecule has 0 heterocycles. The van der Waals surface area contributed by atoms with E-state index in [9.17, 15) is 9.90 Å². The van der Waals surface area contributed by atoms with Gasteiger partial charge in [0.05, 0.1) is 5.60 Å². The SMILES string of the molecule is CC(C)(C)C1=CC(NC(=O)NN)=CC(O)(C(C)(C)C)C1. The third-order valence-corrected chi connectivity index (χ3v) is 3.84. The topological polar surface area (TPSA) is 87.4 Å². The van der Waals surface area contributed by atoms with Crippen LogP contribution in [0.2, 0.25) is 0 Å². The van der Waals surface area contributed by atoms with Gasteiger partial charge in [-0.25, -0.2) is 10.6 Å². The fraction of sp³-hybridized carbons (Fsp3) is 0.667. The van der Waals surface area contributed by atoms with E-state index in [1.54, 1.807) is 6.08 Å². The van der Waals surface area contributed by atoms with E-state index in [2.05, 4.69) is 26.1 Å². The smallest absolute Gasteiger partial charge is 0.333 e. The lowest BCUT2D eigenvalue weighted by molar-refractivity contribution is -0.0183. The number of hydrazine groups is 1. The summed E-state index contributed by atoms with van der Waals surface area (Å²) in [6, 6.07) is -0.501. The Balaban J connectivity index is 3.22. The van der Waals surface area contributed by atoms with Gasteiger partial charge in [0, 0.05) is 12.1 Å². The van der Waals surface area contributed by atoms with Crippen LogP contribution < -0.4 is 16.6 Å². The van der Waals surface area contributed by atoms with E-state index in [-0.39, 0.29) is 10.8 Å². The molecule has 0 saturated heterocycles. The third kappa shape index (κ3) is 3.61. The van der Waals surface area contributed by atoms with Gasteiger partial charge in [-0.15, -0.1) is 0 Å². The number of rotatable bonds is 1. The van der Waals surface area contributed by atoms with Crippen molar-refractivity contribution >= 4 is 6.03 Å². The lowest BCUT2D eigenvalue weighted by Crippen LogP contribution is -2.46. The number of carbonyl (C=O) groups is 1. The van der Waals surface area contributed by atoms with Crippen LogP contribution in [-0.2, 0) is 0 Å². The fourth-order valence-electron chi connectivity index (χ4n) is 2.08. The van der Waals surface area contributed by atoms with E-state index in [0.717, 1.165) is 5.57 Å². The van der Waals surface area contributed by atoms with Gasteiger partial charge in [0.25, 0.3) is 0 Å². The lowest BCUT2D eigenvalue weighted by atomic mass is 9.67. The Labute approximate surface area is 121 Å². The number of carbonyl (C=O) groups excluding carboxylic acids is 1. The van der Waals surface area contributed by atoms with Crippen molar-refractivity contribution in [2.24, 2.45) is 16.7 Å². The number of allylic oxidation sites excluding steroid dienone is 1. The van der Waals surface area contributed by atoms with Crippen LogP contribution in [-0.4, -0.2) is 16.7 Å². The van der Waals surface area contributed by atoms with Gasteiger partial charge < -0.3 is 10.4 Å². The number of aliphatic hydroxyl groups is 1. The molecule has 1 aliphatic carbocycles. The predicted octanol–water partition coefficient (Wildman–Crippen LogP) is 2.20. The minimum atomic E-state index is -1.01. The highest BCUT2D eigenvalue weighted by Crippen LogP contribution is 2.44. The molecule has 0 saturated carbocycles. The number of urea groups is 1. The fourth-order valence-corrected chi connectivity index (χ4v) is 2.08. The average molecular weight is 281 g/mol. The van der Waals surface area contributed by atoms with Crippen LogP contribution in [0.3, 0.4) is 0 Å². The summed E-state index contributed by atoms with van der Waals surface area (Å²) in [6.45, 7) is 12.2. The Bertz CT molecular complexity index is 453. The zero-order valence-corrected chi connectivity index (χ0v) is 13.3. The van der Waals surface area contributed by atoms with Gasteiger partial charge in [-0.05, 0) is 23.0 Å². The maximum atomic E-state index is 11.4. The van der Waals surface area contributed by atoms with Crippen LogP contribution in [0.4, 0.5) is 4.79 Å². The van der Waals surface area contributed by atoms with Gasteiger partial charge in [-0.1, -0.05) is 47.1 Å². The molecule has 0 spiro atoms. The van der Waals surface area contributed by atoms with Crippen LogP contribution in [0.5, 0.6) is 0 Å². The van der Waals surface area contributed by atoms with Gasteiger partial charge in [-0.2, -0.15) is 0 Å². The summed E-state index contributed by atoms with van der Waals surface area (Å²) < 4.78 is 0. The van der Waals surface area contributed by atoms with Gasteiger partial charge >= 0.3 is 6.03 Å². The second-order valence-electron chi connectivity index (χ2n) is 7.47. The van der Waals surface area contributed by atoms with Gasteiger partial charge in [0.15, 0.2) is 0 Å². The van der Waals surface area contributed by atoms with Gasteiger partial charge in [-0.3, -0.25) is 5.43 Å². The molecule has 1 aliphatic rings. The van der Waals surface area contributed by atoms with Crippen molar-refractivity contribution in [1.82, 2.24) is 10.7 Å². The minimum Gasteiger partial charge on any atom is -0.385 e. The largest absolute Gasteiger partial charge is 0.385 e. The maximum absolute atomic E-state index is 11.4. The van der Waals surface area contributed by atoms with Crippen molar-refractivity contribution in [3.63, 3.8) is 0 Å². The molecule has 1 rings (SSSR count). The first-order valence-corrected chi connectivity index (χ1v) is 6.83. The van der Waals surface area contributed by atoms with Crippen molar-refractivity contribution in [1.29, 1.82) is 0 Å². The highest BCUT2D eigenvalue weighted by molar-refractivity contribution is 5.76. The number of hydrogen-bond donors (Lipinski definition) is 4. The second kappa shape index (κ2) is 5.22. The van der Waals surface area contributed by atoms with E-state index in [1.165, 1.54) is 0 Å². The molecule has 0 aliphatic heterocycles. The monoisotopic (exact) mass is 281 g/mol. The van der Waals surface area contributed by atoms with Crippen LogP contribution in [0.1, 0.15) is 48.0 Å². The molecule has 5 heteroatoms. The Morgan fingerprint density at radius 2 is 1.85 bits per heavy atom. The molecule has 5 N–H and O–H groups in total. The van der Waals surface area contributed by atoms with Gasteiger partial charge in [0.1, 0.15) is 0 Å². The van der Waals surface area contributed by atoms with Crippen LogP contribution in [0.15, 0.2) is 23.4 Å². The summed E-state index contributed by atoms with van der Waals surface area (Å²) in [5.74, 6) is 5.09. The van der Waals surface area contributed by atoms with Crippen molar-refractivity contribution in [3.05, 3.63) is 23.4 Å². The Hall–Kier alpha value is -1.33. The molecule has 0 fully saturated rings. The summed E-state index contributed by atoms with van der Waals surface area (Å²) in [5.41, 5.74) is 2.25. The summed E-state index contributed by atoms with van der Waals surface area (Å²) >= 11 is 0. The predicted molar refractivity (Wildman–Crippen MR) is 80.5 cm³/mol. The van der Waals surface area contributed by atoms with E-state index in [0.29, 0.717) is 12.1 Å². The number of nitrogens with two attached hydrogens (primary N) is 1. The second-order valence-corrected chi connectivity index (χ2v) is 7.47. The van der Waals surface area contributed by atoms with E-state index in [1.807, 2.05) is 32.3 Å². The van der Waals surface area contributed by atoms with Crippen molar-refractivity contribution in [3.8, 4) is 0 Å². The molecule has 5 nitrogen and oxygen atoms in total. The molecular weight excluding hydrogens is 254 g/mol. The molecule has 0 aromatic rings. The number of hydrogen-bond acceptors (Lipinski definition) is 3. The molecule has 114 valence electrons.